The Bertz CT molecular complexity index is 259. The van der Waals surface area contributed by atoms with E-state index < -0.39 is 5.97 Å². The summed E-state index contributed by atoms with van der Waals surface area (Å²) in [6, 6.07) is -0.233. The maximum absolute atomic E-state index is 11.4. The molecule has 0 saturated carbocycles. The van der Waals surface area contributed by atoms with Crippen molar-refractivity contribution in [1.82, 2.24) is 15.5 Å². The van der Waals surface area contributed by atoms with E-state index in [-0.39, 0.29) is 18.4 Å². The summed E-state index contributed by atoms with van der Waals surface area (Å²) < 4.78 is 0. The Labute approximate surface area is 109 Å². The first-order valence-corrected chi connectivity index (χ1v) is 6.41. The fraction of sp³-hybridized carbons (Fsp3) is 0.833. The number of rotatable bonds is 9. The van der Waals surface area contributed by atoms with E-state index in [9.17, 15) is 9.59 Å². The number of carbonyl (C=O) groups excluding carboxylic acids is 1. The average Bonchev–Trinajstić information content (AvgIpc) is 2.33. The van der Waals surface area contributed by atoms with Crippen molar-refractivity contribution < 1.29 is 14.7 Å². The predicted octanol–water partition coefficient (Wildman–Crippen LogP) is 0.738. The Morgan fingerprint density at radius 1 is 1.28 bits per heavy atom. The SMILES string of the molecule is CCC(CNC(=O)NCCN(C)CC)CC(=O)O. The van der Waals surface area contributed by atoms with Crippen LogP contribution in [-0.4, -0.2) is 55.2 Å². The van der Waals surface area contributed by atoms with E-state index >= 15 is 0 Å². The molecule has 3 N–H and O–H groups in total. The second-order valence-corrected chi connectivity index (χ2v) is 4.40. The first-order chi connectivity index (χ1) is 8.49. The molecule has 0 rings (SSSR count). The lowest BCUT2D eigenvalue weighted by Crippen LogP contribution is -2.41. The first-order valence-electron chi connectivity index (χ1n) is 6.41. The maximum Gasteiger partial charge on any atom is 0.314 e. The van der Waals surface area contributed by atoms with Crippen LogP contribution in [0.25, 0.3) is 0 Å². The summed E-state index contributed by atoms with van der Waals surface area (Å²) in [5, 5.41) is 14.1. The highest BCUT2D eigenvalue weighted by Crippen LogP contribution is 2.06. The molecule has 18 heavy (non-hydrogen) atoms. The highest BCUT2D eigenvalue weighted by Gasteiger charge is 2.12. The number of nitrogens with one attached hydrogen (secondary N) is 2. The Balaban J connectivity index is 3.71. The number of amides is 2. The van der Waals surface area contributed by atoms with E-state index in [0.29, 0.717) is 13.1 Å². The van der Waals surface area contributed by atoms with E-state index in [4.69, 9.17) is 5.11 Å². The minimum atomic E-state index is -0.825. The van der Waals surface area contributed by atoms with Crippen molar-refractivity contribution in [3.8, 4) is 0 Å². The molecule has 0 aliphatic carbocycles. The van der Waals surface area contributed by atoms with Crippen LogP contribution in [0.3, 0.4) is 0 Å². The van der Waals surface area contributed by atoms with Crippen LogP contribution in [-0.2, 0) is 4.79 Å². The maximum atomic E-state index is 11.4. The largest absolute Gasteiger partial charge is 0.481 e. The Kier molecular flexibility index (Phi) is 9.00. The van der Waals surface area contributed by atoms with Crippen molar-refractivity contribution in [2.75, 3.05) is 33.2 Å². The molecule has 0 fully saturated rings. The van der Waals surface area contributed by atoms with Gasteiger partial charge in [0.05, 0.1) is 0 Å². The molecule has 0 spiro atoms. The van der Waals surface area contributed by atoms with Crippen LogP contribution in [0.15, 0.2) is 0 Å². The molecule has 106 valence electrons. The zero-order valence-electron chi connectivity index (χ0n) is 11.5. The van der Waals surface area contributed by atoms with Gasteiger partial charge in [-0.05, 0) is 19.5 Å². The van der Waals surface area contributed by atoms with Gasteiger partial charge in [0.1, 0.15) is 0 Å². The number of hydrogen-bond acceptors (Lipinski definition) is 3. The molecule has 0 heterocycles. The summed E-state index contributed by atoms with van der Waals surface area (Å²) in [7, 11) is 1.99. The zero-order valence-corrected chi connectivity index (χ0v) is 11.5. The van der Waals surface area contributed by atoms with Gasteiger partial charge in [0.15, 0.2) is 0 Å². The van der Waals surface area contributed by atoms with Crippen LogP contribution in [0.1, 0.15) is 26.7 Å². The number of carboxylic acids is 1. The molecule has 1 unspecified atom stereocenters. The van der Waals surface area contributed by atoms with Crippen LogP contribution >= 0.6 is 0 Å². The fourth-order valence-corrected chi connectivity index (χ4v) is 1.43. The molecule has 0 radical (unpaired) electrons. The lowest BCUT2D eigenvalue weighted by molar-refractivity contribution is -0.138. The number of urea groups is 1. The van der Waals surface area contributed by atoms with Gasteiger partial charge in [-0.15, -0.1) is 0 Å². The third-order valence-electron chi connectivity index (χ3n) is 2.91. The number of carboxylic acid groups (broad SMARTS) is 1. The topological polar surface area (TPSA) is 81.7 Å². The van der Waals surface area contributed by atoms with Crippen molar-refractivity contribution in [3.63, 3.8) is 0 Å². The van der Waals surface area contributed by atoms with Gasteiger partial charge >= 0.3 is 12.0 Å². The van der Waals surface area contributed by atoms with E-state index in [1.807, 2.05) is 14.0 Å². The number of likely N-dealkylation sites (N-methyl/N-ethyl adjacent to an activating group) is 1. The van der Waals surface area contributed by atoms with E-state index in [1.54, 1.807) is 0 Å². The van der Waals surface area contributed by atoms with Gasteiger partial charge in [0.25, 0.3) is 0 Å². The molecule has 6 nitrogen and oxygen atoms in total. The molecule has 0 bridgehead atoms. The Hall–Kier alpha value is -1.30. The first kappa shape index (κ1) is 16.7. The highest BCUT2D eigenvalue weighted by atomic mass is 16.4. The average molecular weight is 259 g/mol. The third kappa shape index (κ3) is 8.81. The van der Waals surface area contributed by atoms with Gasteiger partial charge in [-0.25, -0.2) is 4.79 Å². The molecular formula is C12H25N3O3. The second-order valence-electron chi connectivity index (χ2n) is 4.40. The summed E-state index contributed by atoms with van der Waals surface area (Å²) in [4.78, 5) is 24.1. The van der Waals surface area contributed by atoms with Crippen molar-refractivity contribution in [2.45, 2.75) is 26.7 Å². The summed E-state index contributed by atoms with van der Waals surface area (Å²) >= 11 is 0. The number of carbonyl (C=O) groups is 2. The summed E-state index contributed by atoms with van der Waals surface area (Å²) in [5.41, 5.74) is 0. The van der Waals surface area contributed by atoms with E-state index in [0.717, 1.165) is 19.5 Å². The highest BCUT2D eigenvalue weighted by molar-refractivity contribution is 5.74. The molecule has 0 saturated heterocycles. The molecule has 0 aromatic heterocycles. The normalized spacial score (nSPS) is 12.2. The van der Waals surface area contributed by atoms with Gasteiger partial charge in [-0.3, -0.25) is 4.79 Å². The molecule has 6 heteroatoms. The van der Waals surface area contributed by atoms with Crippen molar-refractivity contribution in [1.29, 1.82) is 0 Å². The van der Waals surface area contributed by atoms with Crippen molar-refractivity contribution >= 4 is 12.0 Å². The minimum absolute atomic E-state index is 0.00781. The lowest BCUT2D eigenvalue weighted by Gasteiger charge is -2.16. The van der Waals surface area contributed by atoms with Crippen molar-refractivity contribution in [3.05, 3.63) is 0 Å². The lowest BCUT2D eigenvalue weighted by atomic mass is 10.0. The summed E-state index contributed by atoms with van der Waals surface area (Å²) in [6.45, 7) is 6.71. The van der Waals surface area contributed by atoms with E-state index in [1.165, 1.54) is 0 Å². The van der Waals surface area contributed by atoms with Gasteiger partial charge in [-0.2, -0.15) is 0 Å². The minimum Gasteiger partial charge on any atom is -0.481 e. The van der Waals surface area contributed by atoms with Crippen LogP contribution < -0.4 is 10.6 Å². The Morgan fingerprint density at radius 3 is 2.44 bits per heavy atom. The molecule has 0 aliphatic rings. The van der Waals surface area contributed by atoms with Gasteiger partial charge in [0.2, 0.25) is 0 Å². The van der Waals surface area contributed by atoms with Gasteiger partial charge in [-0.1, -0.05) is 20.3 Å². The third-order valence-corrected chi connectivity index (χ3v) is 2.91. The number of aliphatic carboxylic acids is 1. The monoisotopic (exact) mass is 259 g/mol. The van der Waals surface area contributed by atoms with Crippen LogP contribution in [0.4, 0.5) is 4.79 Å². The fourth-order valence-electron chi connectivity index (χ4n) is 1.43. The number of nitrogens with zero attached hydrogens (tertiary/aromatic N) is 1. The smallest absolute Gasteiger partial charge is 0.314 e. The van der Waals surface area contributed by atoms with Gasteiger partial charge in [0, 0.05) is 26.1 Å². The quantitative estimate of drug-likeness (QED) is 0.570. The number of hydrogen-bond donors (Lipinski definition) is 3. The molecular weight excluding hydrogens is 234 g/mol. The summed E-state index contributed by atoms with van der Waals surface area (Å²) in [5.74, 6) is -0.833. The van der Waals surface area contributed by atoms with Crippen LogP contribution in [0.5, 0.6) is 0 Å². The Morgan fingerprint density at radius 2 is 1.94 bits per heavy atom. The standard InChI is InChI=1S/C12H25N3O3/c1-4-10(8-11(16)17)9-14-12(18)13-6-7-15(3)5-2/h10H,4-9H2,1-3H3,(H,16,17)(H2,13,14,18). The zero-order chi connectivity index (χ0) is 14.0. The molecule has 0 aliphatic heterocycles. The summed E-state index contributed by atoms with van der Waals surface area (Å²) in [6.07, 6.45) is 0.834. The van der Waals surface area contributed by atoms with Crippen LogP contribution in [0, 0.1) is 5.92 Å². The van der Waals surface area contributed by atoms with Gasteiger partial charge < -0.3 is 20.6 Å². The predicted molar refractivity (Wildman–Crippen MR) is 70.6 cm³/mol. The molecule has 0 aromatic carbocycles. The molecule has 1 atom stereocenters. The van der Waals surface area contributed by atoms with Crippen LogP contribution in [0.2, 0.25) is 0 Å². The second kappa shape index (κ2) is 9.70. The molecule has 2 amide bonds. The molecule has 0 aromatic rings. The van der Waals surface area contributed by atoms with Crippen molar-refractivity contribution in [2.24, 2.45) is 5.92 Å². The van der Waals surface area contributed by atoms with E-state index in [2.05, 4.69) is 22.5 Å².